The smallest absolute Gasteiger partial charge is 0.417 e. The van der Waals surface area contributed by atoms with Gasteiger partial charge in [-0.1, -0.05) is 53.7 Å². The van der Waals surface area contributed by atoms with E-state index in [9.17, 15) is 9.59 Å². The maximum atomic E-state index is 13.2. The predicted molar refractivity (Wildman–Crippen MR) is 117 cm³/mol. The Bertz CT molecular complexity index is 950. The monoisotopic (exact) mass is 441 g/mol. The standard InChI is InChI=1S/C23H27N3O6/c1-29-20-11-7-6-10-17(20)12-19(24)22(27)26(14-18-13-21(30-2)25-32-18)23(28)31-15-16-8-4-3-5-9-16/h3-11,18-19H,12-15,24H2,1-2H3/t18?,19-/m0/s1. The Morgan fingerprint density at radius 1 is 1.12 bits per heavy atom. The minimum atomic E-state index is -0.986. The molecule has 2 amide bonds. The molecule has 1 aliphatic rings. The summed E-state index contributed by atoms with van der Waals surface area (Å²) in [6.07, 6.45) is -0.828. The molecule has 0 bridgehead atoms. The van der Waals surface area contributed by atoms with Crippen LogP contribution in [0.1, 0.15) is 17.5 Å². The second-order valence-corrected chi connectivity index (χ2v) is 7.23. The molecule has 0 saturated heterocycles. The topological polar surface area (TPSA) is 113 Å². The molecular weight excluding hydrogens is 414 g/mol. The lowest BCUT2D eigenvalue weighted by Gasteiger charge is -2.25. The summed E-state index contributed by atoms with van der Waals surface area (Å²) in [4.78, 5) is 32.3. The number of benzene rings is 2. The van der Waals surface area contributed by atoms with Crippen LogP contribution in [0.3, 0.4) is 0 Å². The van der Waals surface area contributed by atoms with Crippen molar-refractivity contribution < 1.29 is 28.6 Å². The lowest BCUT2D eigenvalue weighted by Crippen LogP contribution is -2.50. The second kappa shape index (κ2) is 11.1. The lowest BCUT2D eigenvalue weighted by atomic mass is 10.0. The van der Waals surface area contributed by atoms with Gasteiger partial charge in [0.05, 0.1) is 33.2 Å². The molecule has 2 N–H and O–H groups in total. The number of imide groups is 1. The molecule has 2 aromatic rings. The van der Waals surface area contributed by atoms with Crippen LogP contribution in [0.5, 0.6) is 5.75 Å². The minimum absolute atomic E-state index is 0.0243. The molecule has 1 aliphatic heterocycles. The summed E-state index contributed by atoms with van der Waals surface area (Å²) in [5, 5.41) is 3.79. The number of methoxy groups -OCH3 is 2. The third kappa shape index (κ3) is 5.98. The van der Waals surface area contributed by atoms with Crippen molar-refractivity contribution in [1.82, 2.24) is 4.90 Å². The maximum absolute atomic E-state index is 13.2. The molecule has 1 unspecified atom stereocenters. The first-order chi connectivity index (χ1) is 15.5. The Morgan fingerprint density at radius 3 is 2.53 bits per heavy atom. The predicted octanol–water partition coefficient (Wildman–Crippen LogP) is 2.48. The minimum Gasteiger partial charge on any atom is -0.496 e. The molecule has 0 saturated carbocycles. The SMILES string of the molecule is COC1=NOC(CN(C(=O)OCc2ccccc2)C(=O)[C@@H](N)Cc2ccccc2OC)C1. The van der Waals surface area contributed by atoms with Crippen LogP contribution in [-0.2, 0) is 32.1 Å². The first-order valence-electron chi connectivity index (χ1n) is 10.2. The van der Waals surface area contributed by atoms with Gasteiger partial charge >= 0.3 is 6.09 Å². The van der Waals surface area contributed by atoms with Gasteiger partial charge in [-0.3, -0.25) is 4.79 Å². The van der Waals surface area contributed by atoms with Crippen LogP contribution in [0.4, 0.5) is 4.79 Å². The number of hydrogen-bond donors (Lipinski definition) is 1. The summed E-state index contributed by atoms with van der Waals surface area (Å²) in [6.45, 7) is -0.0427. The van der Waals surface area contributed by atoms with Crippen LogP contribution in [0, 0.1) is 0 Å². The third-order valence-electron chi connectivity index (χ3n) is 4.97. The van der Waals surface area contributed by atoms with Gasteiger partial charge in [-0.15, -0.1) is 0 Å². The van der Waals surface area contributed by atoms with E-state index >= 15 is 0 Å². The number of nitrogens with two attached hydrogens (primary N) is 1. The van der Waals surface area contributed by atoms with E-state index in [1.165, 1.54) is 7.11 Å². The normalized spacial score (nSPS) is 15.8. The Hall–Kier alpha value is -3.59. The van der Waals surface area contributed by atoms with Crippen LogP contribution in [0.2, 0.25) is 0 Å². The molecule has 0 aliphatic carbocycles. The van der Waals surface area contributed by atoms with E-state index in [1.54, 1.807) is 13.2 Å². The molecule has 2 aromatic carbocycles. The number of para-hydroxylation sites is 1. The first-order valence-corrected chi connectivity index (χ1v) is 10.2. The van der Waals surface area contributed by atoms with Gasteiger partial charge in [0.1, 0.15) is 12.4 Å². The number of ether oxygens (including phenoxy) is 3. The molecule has 2 atom stereocenters. The highest BCUT2D eigenvalue weighted by atomic mass is 16.7. The molecule has 0 aromatic heterocycles. The van der Waals surface area contributed by atoms with E-state index in [-0.39, 0.29) is 19.6 Å². The van der Waals surface area contributed by atoms with Crippen LogP contribution < -0.4 is 10.5 Å². The third-order valence-corrected chi connectivity index (χ3v) is 4.97. The van der Waals surface area contributed by atoms with Gasteiger partial charge < -0.3 is 24.8 Å². The average molecular weight is 441 g/mol. The van der Waals surface area contributed by atoms with Crippen LogP contribution in [0.25, 0.3) is 0 Å². The summed E-state index contributed by atoms with van der Waals surface area (Å²) in [6, 6.07) is 15.5. The molecule has 0 fully saturated rings. The van der Waals surface area contributed by atoms with Crippen molar-refractivity contribution in [3.8, 4) is 5.75 Å². The lowest BCUT2D eigenvalue weighted by molar-refractivity contribution is -0.132. The number of amides is 2. The maximum Gasteiger partial charge on any atom is 0.417 e. The zero-order valence-corrected chi connectivity index (χ0v) is 18.1. The largest absolute Gasteiger partial charge is 0.496 e. The van der Waals surface area contributed by atoms with Gasteiger partial charge in [0.25, 0.3) is 0 Å². The van der Waals surface area contributed by atoms with Gasteiger partial charge in [-0.2, -0.15) is 0 Å². The number of hydrogen-bond acceptors (Lipinski definition) is 8. The van der Waals surface area contributed by atoms with Crippen LogP contribution in [-0.4, -0.2) is 55.7 Å². The van der Waals surface area contributed by atoms with Crippen molar-refractivity contribution >= 4 is 17.9 Å². The van der Waals surface area contributed by atoms with E-state index in [2.05, 4.69) is 5.16 Å². The number of carbonyl (C=O) groups is 2. The van der Waals surface area contributed by atoms with Crippen molar-refractivity contribution in [1.29, 1.82) is 0 Å². The number of rotatable bonds is 8. The number of nitrogens with zero attached hydrogens (tertiary/aromatic N) is 2. The summed E-state index contributed by atoms with van der Waals surface area (Å²) < 4.78 is 15.8. The fourth-order valence-corrected chi connectivity index (χ4v) is 3.27. The van der Waals surface area contributed by atoms with E-state index in [4.69, 9.17) is 24.8 Å². The molecule has 9 heteroatoms. The summed E-state index contributed by atoms with van der Waals surface area (Å²) >= 11 is 0. The molecular formula is C23H27N3O6. The highest BCUT2D eigenvalue weighted by Gasteiger charge is 2.34. The Morgan fingerprint density at radius 2 is 1.84 bits per heavy atom. The van der Waals surface area contributed by atoms with Gasteiger partial charge in [0.15, 0.2) is 6.10 Å². The molecule has 0 spiro atoms. The van der Waals surface area contributed by atoms with Gasteiger partial charge in [0, 0.05) is 6.42 Å². The second-order valence-electron chi connectivity index (χ2n) is 7.23. The Balaban J connectivity index is 1.71. The average Bonchev–Trinajstić information content (AvgIpc) is 3.29. The number of oxime groups is 1. The van der Waals surface area contributed by atoms with E-state index < -0.39 is 24.1 Å². The zero-order chi connectivity index (χ0) is 22.9. The van der Waals surface area contributed by atoms with Gasteiger partial charge in [0.2, 0.25) is 11.8 Å². The van der Waals surface area contributed by atoms with E-state index in [0.717, 1.165) is 16.0 Å². The van der Waals surface area contributed by atoms with Crippen molar-refractivity contribution in [2.75, 3.05) is 20.8 Å². The van der Waals surface area contributed by atoms with Crippen molar-refractivity contribution in [2.24, 2.45) is 10.9 Å². The van der Waals surface area contributed by atoms with Crippen molar-refractivity contribution in [2.45, 2.75) is 31.6 Å². The molecule has 32 heavy (non-hydrogen) atoms. The van der Waals surface area contributed by atoms with Crippen molar-refractivity contribution in [3.05, 3.63) is 65.7 Å². The molecule has 0 radical (unpaired) electrons. The molecule has 9 nitrogen and oxygen atoms in total. The zero-order valence-electron chi connectivity index (χ0n) is 18.1. The molecule has 170 valence electrons. The highest BCUT2D eigenvalue weighted by molar-refractivity contribution is 5.95. The fourth-order valence-electron chi connectivity index (χ4n) is 3.27. The van der Waals surface area contributed by atoms with E-state index in [0.29, 0.717) is 18.1 Å². The van der Waals surface area contributed by atoms with Crippen LogP contribution >= 0.6 is 0 Å². The highest BCUT2D eigenvalue weighted by Crippen LogP contribution is 2.20. The molecule has 1 heterocycles. The first kappa shape index (κ1) is 23.1. The van der Waals surface area contributed by atoms with E-state index in [1.807, 2.05) is 48.5 Å². The summed E-state index contributed by atoms with van der Waals surface area (Å²) in [5.41, 5.74) is 7.76. The van der Waals surface area contributed by atoms with Gasteiger partial charge in [-0.25, -0.2) is 9.69 Å². The molecule has 3 rings (SSSR count). The number of carbonyl (C=O) groups excluding carboxylic acids is 2. The Labute approximate surface area is 186 Å². The summed E-state index contributed by atoms with van der Waals surface area (Å²) in [7, 11) is 3.02. The van der Waals surface area contributed by atoms with Crippen molar-refractivity contribution in [3.63, 3.8) is 0 Å². The van der Waals surface area contributed by atoms with Crippen LogP contribution in [0.15, 0.2) is 59.8 Å². The summed E-state index contributed by atoms with van der Waals surface area (Å²) in [5.74, 6) is 0.424. The quantitative estimate of drug-likeness (QED) is 0.670. The fraction of sp³-hybridized carbons (Fsp3) is 0.348. The Kier molecular flexibility index (Phi) is 8.04. The van der Waals surface area contributed by atoms with Gasteiger partial charge in [-0.05, 0) is 17.2 Å².